The van der Waals surface area contributed by atoms with E-state index >= 15 is 0 Å². The molecule has 5 atom stereocenters. The molecule has 3 aromatic rings. The van der Waals surface area contributed by atoms with Gasteiger partial charge in [0.05, 0.1) is 13.2 Å². The topological polar surface area (TPSA) is 179 Å². The Morgan fingerprint density at radius 2 is 1.67 bits per heavy atom. The Labute approximate surface area is 186 Å². The van der Waals surface area contributed by atoms with E-state index in [-0.39, 0.29) is 39.5 Å². The number of benzene rings is 2. The summed E-state index contributed by atoms with van der Waals surface area (Å²) in [6, 6.07) is 6.11. The minimum atomic E-state index is -1.72. The van der Waals surface area contributed by atoms with E-state index in [1.807, 2.05) is 0 Å². The second-order valence-electron chi connectivity index (χ2n) is 7.61. The van der Waals surface area contributed by atoms with E-state index < -0.39 is 47.6 Å². The number of ether oxygens (including phenoxy) is 3. The van der Waals surface area contributed by atoms with Gasteiger partial charge in [0.2, 0.25) is 17.5 Å². The first-order valence-electron chi connectivity index (χ1n) is 9.88. The lowest BCUT2D eigenvalue weighted by atomic mass is 10.00. The molecule has 11 nitrogen and oxygen atoms in total. The minimum absolute atomic E-state index is 0.0565. The number of aliphatic hydroxyl groups excluding tert-OH is 3. The summed E-state index contributed by atoms with van der Waals surface area (Å²) in [6.07, 6.45) is -7.24. The maximum absolute atomic E-state index is 13.3. The molecule has 0 bridgehead atoms. The van der Waals surface area contributed by atoms with Crippen LogP contribution in [0, 0.1) is 0 Å². The van der Waals surface area contributed by atoms with E-state index in [2.05, 4.69) is 0 Å². The second kappa shape index (κ2) is 8.45. The van der Waals surface area contributed by atoms with E-state index in [1.54, 1.807) is 0 Å². The number of hydrogen-bond acceptors (Lipinski definition) is 11. The van der Waals surface area contributed by atoms with Crippen molar-refractivity contribution in [2.24, 2.45) is 0 Å². The van der Waals surface area contributed by atoms with E-state index in [4.69, 9.17) is 18.6 Å². The van der Waals surface area contributed by atoms with Crippen LogP contribution in [0.4, 0.5) is 0 Å². The third kappa shape index (κ3) is 3.91. The molecule has 0 unspecified atom stereocenters. The SMILES string of the molecule is COc1cc(-c2oc3cc(O)cc(O)c3c(=O)c2O[C@@H]2O[C@H](C)[C@H](O)[C@@H](O)[C@H]2O)ccc1O. The molecule has 33 heavy (non-hydrogen) atoms. The van der Waals surface area contributed by atoms with Crippen molar-refractivity contribution in [2.75, 3.05) is 7.11 Å². The quantitative estimate of drug-likeness (QED) is 0.323. The molecule has 2 aromatic carbocycles. The van der Waals surface area contributed by atoms with Gasteiger partial charge in [0.25, 0.3) is 0 Å². The Morgan fingerprint density at radius 3 is 2.36 bits per heavy atom. The first kappa shape index (κ1) is 22.7. The van der Waals surface area contributed by atoms with Gasteiger partial charge in [0.1, 0.15) is 40.8 Å². The van der Waals surface area contributed by atoms with Gasteiger partial charge in [-0.05, 0) is 25.1 Å². The van der Waals surface area contributed by atoms with Gasteiger partial charge in [0.15, 0.2) is 17.3 Å². The zero-order valence-electron chi connectivity index (χ0n) is 17.5. The largest absolute Gasteiger partial charge is 0.508 e. The van der Waals surface area contributed by atoms with Crippen LogP contribution in [0.1, 0.15) is 6.92 Å². The molecule has 6 N–H and O–H groups in total. The summed E-state index contributed by atoms with van der Waals surface area (Å²) in [4.78, 5) is 13.3. The van der Waals surface area contributed by atoms with Crippen molar-refractivity contribution in [3.63, 3.8) is 0 Å². The van der Waals surface area contributed by atoms with Gasteiger partial charge in [-0.2, -0.15) is 0 Å². The molecule has 2 heterocycles. The summed E-state index contributed by atoms with van der Waals surface area (Å²) in [5, 5.41) is 60.0. The van der Waals surface area contributed by atoms with Gasteiger partial charge < -0.3 is 49.3 Å². The second-order valence-corrected chi connectivity index (χ2v) is 7.61. The van der Waals surface area contributed by atoms with Gasteiger partial charge in [0, 0.05) is 17.7 Å². The lowest BCUT2D eigenvalue weighted by molar-refractivity contribution is -0.268. The van der Waals surface area contributed by atoms with Gasteiger partial charge >= 0.3 is 0 Å². The van der Waals surface area contributed by atoms with E-state index in [0.717, 1.165) is 12.1 Å². The highest BCUT2D eigenvalue weighted by molar-refractivity contribution is 5.88. The molecular formula is C22H22O11. The highest BCUT2D eigenvalue weighted by Gasteiger charge is 2.44. The van der Waals surface area contributed by atoms with Crippen LogP contribution < -0.4 is 14.9 Å². The fourth-order valence-electron chi connectivity index (χ4n) is 3.61. The number of phenolic OH excluding ortho intramolecular Hbond substituents is 3. The Bertz CT molecular complexity index is 1250. The summed E-state index contributed by atoms with van der Waals surface area (Å²) >= 11 is 0. The van der Waals surface area contributed by atoms with Crippen LogP contribution in [0.2, 0.25) is 0 Å². The molecule has 0 spiro atoms. The van der Waals surface area contributed by atoms with Crippen LogP contribution in [0.3, 0.4) is 0 Å². The number of hydrogen-bond donors (Lipinski definition) is 6. The van der Waals surface area contributed by atoms with Gasteiger partial charge in [-0.25, -0.2) is 0 Å². The van der Waals surface area contributed by atoms with Crippen LogP contribution in [0.25, 0.3) is 22.3 Å². The molecule has 0 amide bonds. The smallest absolute Gasteiger partial charge is 0.239 e. The summed E-state index contributed by atoms with van der Waals surface area (Å²) < 4.78 is 21.9. The molecule has 0 radical (unpaired) electrons. The van der Waals surface area contributed by atoms with Crippen molar-refractivity contribution in [3.05, 3.63) is 40.6 Å². The fourth-order valence-corrected chi connectivity index (χ4v) is 3.61. The molecule has 176 valence electrons. The monoisotopic (exact) mass is 462 g/mol. The Morgan fingerprint density at radius 1 is 0.939 bits per heavy atom. The summed E-state index contributed by atoms with van der Waals surface area (Å²) in [5.74, 6) is -1.74. The molecule has 11 heteroatoms. The van der Waals surface area contributed by atoms with Gasteiger partial charge in [-0.1, -0.05) is 0 Å². The average molecular weight is 462 g/mol. The van der Waals surface area contributed by atoms with Crippen LogP contribution in [-0.2, 0) is 4.74 Å². The van der Waals surface area contributed by atoms with E-state index in [0.29, 0.717) is 0 Å². The molecule has 1 saturated heterocycles. The molecule has 1 aliphatic heterocycles. The van der Waals surface area contributed by atoms with E-state index in [9.17, 15) is 35.4 Å². The van der Waals surface area contributed by atoms with Crippen LogP contribution in [0.15, 0.2) is 39.5 Å². The molecule has 1 fully saturated rings. The van der Waals surface area contributed by atoms with E-state index in [1.165, 1.54) is 32.2 Å². The number of methoxy groups -OCH3 is 1. The predicted octanol–water partition coefficient (Wildman–Crippen LogP) is 0.792. The molecule has 1 aliphatic rings. The normalized spacial score (nSPS) is 25.2. The Kier molecular flexibility index (Phi) is 5.80. The summed E-state index contributed by atoms with van der Waals surface area (Å²) in [6.45, 7) is 1.44. The Balaban J connectivity index is 1.93. The predicted molar refractivity (Wildman–Crippen MR) is 112 cm³/mol. The van der Waals surface area contributed by atoms with Crippen LogP contribution in [-0.4, -0.2) is 68.5 Å². The molecule has 1 aromatic heterocycles. The molecule has 0 aliphatic carbocycles. The molecule has 0 saturated carbocycles. The third-order valence-electron chi connectivity index (χ3n) is 5.40. The first-order chi connectivity index (χ1) is 15.6. The fraction of sp³-hybridized carbons (Fsp3) is 0.318. The summed E-state index contributed by atoms with van der Waals surface area (Å²) in [5.41, 5.74) is -0.818. The molecular weight excluding hydrogens is 440 g/mol. The van der Waals surface area contributed by atoms with Crippen LogP contribution in [0.5, 0.6) is 28.7 Å². The highest BCUT2D eigenvalue weighted by Crippen LogP contribution is 2.39. The number of aromatic hydroxyl groups is 3. The van der Waals surface area contributed by atoms with Crippen molar-refractivity contribution in [3.8, 4) is 40.1 Å². The number of rotatable bonds is 4. The van der Waals surface area contributed by atoms with Crippen LogP contribution >= 0.6 is 0 Å². The van der Waals surface area contributed by atoms with Crippen molar-refractivity contribution < 1.29 is 49.3 Å². The zero-order chi connectivity index (χ0) is 24.0. The van der Waals surface area contributed by atoms with Gasteiger partial charge in [-0.15, -0.1) is 0 Å². The van der Waals surface area contributed by atoms with Crippen molar-refractivity contribution in [1.29, 1.82) is 0 Å². The third-order valence-corrected chi connectivity index (χ3v) is 5.40. The summed E-state index contributed by atoms with van der Waals surface area (Å²) in [7, 11) is 1.32. The lowest BCUT2D eigenvalue weighted by Crippen LogP contribution is -2.58. The number of aliphatic hydroxyl groups is 3. The molecule has 4 rings (SSSR count). The number of fused-ring (bicyclic) bond motifs is 1. The van der Waals surface area contributed by atoms with Crippen molar-refractivity contribution in [1.82, 2.24) is 0 Å². The minimum Gasteiger partial charge on any atom is -0.508 e. The Hall–Kier alpha value is -3.51. The van der Waals surface area contributed by atoms with Gasteiger partial charge in [-0.3, -0.25) is 4.79 Å². The zero-order valence-corrected chi connectivity index (χ0v) is 17.5. The standard InChI is InChI=1S/C22H22O11/c1-8-16(26)18(28)19(29)22(31-8)33-21-17(27)15-12(25)6-10(23)7-14(15)32-20(21)9-3-4-11(24)13(5-9)30-2/h3-8,16,18-19,22-26,28-29H,1-2H3/t8-,16+,18-,19-,22+/m1/s1. The van der Waals surface area contributed by atoms with Crippen molar-refractivity contribution in [2.45, 2.75) is 37.6 Å². The van der Waals surface area contributed by atoms with Crippen molar-refractivity contribution >= 4 is 11.0 Å². The maximum Gasteiger partial charge on any atom is 0.239 e. The lowest BCUT2D eigenvalue weighted by Gasteiger charge is -2.38. The number of phenols is 3. The average Bonchev–Trinajstić information content (AvgIpc) is 2.77. The highest BCUT2D eigenvalue weighted by atomic mass is 16.7. The first-order valence-corrected chi connectivity index (χ1v) is 9.88. The maximum atomic E-state index is 13.3.